The van der Waals surface area contributed by atoms with Crippen LogP contribution < -0.4 is 15.8 Å². The van der Waals surface area contributed by atoms with Gasteiger partial charge in [-0.15, -0.1) is 0 Å². The normalized spacial score (nSPS) is 10.1. The van der Waals surface area contributed by atoms with Crippen LogP contribution in [-0.2, 0) is 0 Å². The molecule has 0 aliphatic heterocycles. The monoisotopic (exact) mass is 291 g/mol. The van der Waals surface area contributed by atoms with Crippen molar-refractivity contribution in [2.24, 2.45) is 5.73 Å². The van der Waals surface area contributed by atoms with Gasteiger partial charge in [0.2, 0.25) is 5.76 Å². The first-order chi connectivity index (χ1) is 9.54. The number of amides is 1. The van der Waals surface area contributed by atoms with Gasteiger partial charge in [0.15, 0.2) is 0 Å². The van der Waals surface area contributed by atoms with Crippen LogP contribution in [0, 0.1) is 6.92 Å². The van der Waals surface area contributed by atoms with Crippen molar-refractivity contribution < 1.29 is 14.1 Å². The second-order valence-corrected chi connectivity index (χ2v) is 4.59. The third-order valence-corrected chi connectivity index (χ3v) is 2.44. The van der Waals surface area contributed by atoms with Crippen molar-refractivity contribution >= 4 is 28.8 Å². The summed E-state index contributed by atoms with van der Waals surface area (Å²) in [6.45, 7) is 1.89. The molecule has 0 saturated heterocycles. The smallest absolute Gasteiger partial charge is 0.294 e. The van der Waals surface area contributed by atoms with Crippen LogP contribution in [0.5, 0.6) is 5.75 Å². The Hall–Kier alpha value is -2.41. The third kappa shape index (κ3) is 3.79. The largest absolute Gasteiger partial charge is 0.486 e. The standard InChI is InChI=1S/C13H13N3O3S/c1-8-5-11(19-16-8)13(17)15-9-3-2-4-10(6-9)18-7-12(14)20/h2-6H,7H2,1H3,(H2,14,20)(H,15,17). The minimum absolute atomic E-state index is 0.147. The van der Waals surface area contributed by atoms with E-state index in [0.717, 1.165) is 0 Å². The highest BCUT2D eigenvalue weighted by Crippen LogP contribution is 2.18. The highest BCUT2D eigenvalue weighted by molar-refractivity contribution is 7.80. The van der Waals surface area contributed by atoms with E-state index in [9.17, 15) is 4.79 Å². The molecular weight excluding hydrogens is 278 g/mol. The van der Waals surface area contributed by atoms with Crippen LogP contribution in [0.1, 0.15) is 16.2 Å². The zero-order valence-corrected chi connectivity index (χ0v) is 11.6. The summed E-state index contributed by atoms with van der Waals surface area (Å²) in [4.78, 5) is 12.1. The number of hydrogen-bond acceptors (Lipinski definition) is 5. The molecule has 1 aromatic heterocycles. The van der Waals surface area contributed by atoms with Crippen molar-refractivity contribution in [3.63, 3.8) is 0 Å². The van der Waals surface area contributed by atoms with Crippen molar-refractivity contribution in [3.8, 4) is 5.75 Å². The van der Waals surface area contributed by atoms with Gasteiger partial charge in [-0.05, 0) is 19.1 Å². The number of carbonyl (C=O) groups is 1. The molecule has 0 radical (unpaired) electrons. The van der Waals surface area contributed by atoms with Gasteiger partial charge in [-0.25, -0.2) is 0 Å². The number of aryl methyl sites for hydroxylation is 1. The summed E-state index contributed by atoms with van der Waals surface area (Å²) >= 11 is 4.73. The molecule has 0 aliphatic rings. The van der Waals surface area contributed by atoms with Crippen LogP contribution >= 0.6 is 12.2 Å². The van der Waals surface area contributed by atoms with Crippen molar-refractivity contribution in [1.29, 1.82) is 0 Å². The van der Waals surface area contributed by atoms with Gasteiger partial charge in [-0.2, -0.15) is 0 Å². The van der Waals surface area contributed by atoms with Gasteiger partial charge in [-0.1, -0.05) is 23.4 Å². The summed E-state index contributed by atoms with van der Waals surface area (Å²) in [5.41, 5.74) is 6.57. The number of thiocarbonyl (C=S) groups is 1. The van der Waals surface area contributed by atoms with Crippen LogP contribution in [0.2, 0.25) is 0 Å². The van der Waals surface area contributed by atoms with Crippen LogP contribution in [0.4, 0.5) is 5.69 Å². The lowest BCUT2D eigenvalue weighted by atomic mass is 10.3. The van der Waals surface area contributed by atoms with E-state index < -0.39 is 0 Å². The molecule has 104 valence electrons. The molecule has 3 N–H and O–H groups in total. The summed E-state index contributed by atoms with van der Waals surface area (Å²) in [7, 11) is 0. The molecule has 0 saturated carbocycles. The molecular formula is C13H13N3O3S. The number of aromatic nitrogens is 1. The second-order valence-electron chi connectivity index (χ2n) is 4.07. The predicted molar refractivity (Wildman–Crippen MR) is 77.9 cm³/mol. The highest BCUT2D eigenvalue weighted by atomic mass is 32.1. The number of nitrogens with zero attached hydrogens (tertiary/aromatic N) is 1. The maximum atomic E-state index is 11.9. The number of carbonyl (C=O) groups excluding carboxylic acids is 1. The van der Waals surface area contributed by atoms with Crippen molar-refractivity contribution in [2.45, 2.75) is 6.92 Å². The van der Waals surface area contributed by atoms with Crippen LogP contribution in [0.15, 0.2) is 34.9 Å². The van der Waals surface area contributed by atoms with Crippen LogP contribution in [-0.4, -0.2) is 22.7 Å². The van der Waals surface area contributed by atoms with Gasteiger partial charge in [0.25, 0.3) is 5.91 Å². The molecule has 0 bridgehead atoms. The third-order valence-electron chi connectivity index (χ3n) is 2.32. The molecule has 6 nitrogen and oxygen atoms in total. The minimum atomic E-state index is -0.378. The van der Waals surface area contributed by atoms with Crippen LogP contribution in [0.25, 0.3) is 0 Å². The molecule has 1 aromatic carbocycles. The number of benzene rings is 1. The lowest BCUT2D eigenvalue weighted by Crippen LogP contribution is -2.18. The van der Waals surface area contributed by atoms with Crippen molar-refractivity contribution in [2.75, 3.05) is 11.9 Å². The summed E-state index contributed by atoms with van der Waals surface area (Å²) in [6, 6.07) is 8.44. The minimum Gasteiger partial charge on any atom is -0.486 e. The summed E-state index contributed by atoms with van der Waals surface area (Å²) in [5.74, 6) is 0.332. The number of hydrogen-bond donors (Lipinski definition) is 2. The van der Waals surface area contributed by atoms with Gasteiger partial charge < -0.3 is 20.3 Å². The number of nitrogens with two attached hydrogens (primary N) is 1. The molecule has 0 fully saturated rings. The Kier molecular flexibility index (Phi) is 4.31. The molecule has 20 heavy (non-hydrogen) atoms. The molecule has 0 atom stereocenters. The first kappa shape index (κ1) is 14.0. The molecule has 0 unspecified atom stereocenters. The zero-order valence-electron chi connectivity index (χ0n) is 10.8. The van der Waals surface area contributed by atoms with E-state index in [2.05, 4.69) is 10.5 Å². The van der Waals surface area contributed by atoms with Gasteiger partial charge in [0.05, 0.1) is 5.69 Å². The average Bonchev–Trinajstić information content (AvgIpc) is 2.84. The van der Waals surface area contributed by atoms with Gasteiger partial charge in [0, 0.05) is 17.8 Å². The Bertz CT molecular complexity index is 639. The van der Waals surface area contributed by atoms with E-state index >= 15 is 0 Å². The fraction of sp³-hybridized carbons (Fsp3) is 0.154. The summed E-state index contributed by atoms with van der Waals surface area (Å²) in [6.07, 6.45) is 0. The lowest BCUT2D eigenvalue weighted by Gasteiger charge is -2.07. The fourth-order valence-corrected chi connectivity index (χ4v) is 1.54. The lowest BCUT2D eigenvalue weighted by molar-refractivity contribution is 0.0988. The van der Waals surface area contributed by atoms with Crippen molar-refractivity contribution in [1.82, 2.24) is 5.16 Å². The molecule has 1 amide bonds. The van der Waals surface area contributed by atoms with E-state index in [1.54, 1.807) is 37.3 Å². The van der Waals surface area contributed by atoms with E-state index in [1.807, 2.05) is 0 Å². The average molecular weight is 291 g/mol. The Morgan fingerprint density at radius 2 is 2.30 bits per heavy atom. The first-order valence-corrected chi connectivity index (χ1v) is 6.21. The quantitative estimate of drug-likeness (QED) is 0.818. The molecule has 0 aliphatic carbocycles. The van der Waals surface area contributed by atoms with E-state index in [-0.39, 0.29) is 23.3 Å². The topological polar surface area (TPSA) is 90.4 Å². The highest BCUT2D eigenvalue weighted by Gasteiger charge is 2.11. The van der Waals surface area contributed by atoms with E-state index in [0.29, 0.717) is 17.1 Å². The predicted octanol–water partition coefficient (Wildman–Crippen LogP) is 1.90. The van der Waals surface area contributed by atoms with Gasteiger partial charge in [0.1, 0.15) is 17.3 Å². The van der Waals surface area contributed by atoms with E-state index in [4.69, 9.17) is 27.2 Å². The summed E-state index contributed by atoms with van der Waals surface area (Å²) < 4.78 is 10.2. The molecule has 2 rings (SSSR count). The molecule has 1 heterocycles. The van der Waals surface area contributed by atoms with Crippen LogP contribution in [0.3, 0.4) is 0 Å². The Labute approximate surface area is 120 Å². The first-order valence-electron chi connectivity index (χ1n) is 5.80. The number of nitrogens with one attached hydrogen (secondary N) is 1. The van der Waals surface area contributed by atoms with Gasteiger partial charge >= 0.3 is 0 Å². The Morgan fingerprint density at radius 1 is 1.50 bits per heavy atom. The van der Waals surface area contributed by atoms with E-state index in [1.165, 1.54) is 0 Å². The SMILES string of the molecule is Cc1cc(C(=O)Nc2cccc(OCC(N)=S)c2)on1. The second kappa shape index (κ2) is 6.16. The summed E-state index contributed by atoms with van der Waals surface area (Å²) in [5, 5.41) is 6.34. The Balaban J connectivity index is 2.04. The number of anilines is 1. The molecule has 7 heteroatoms. The fourth-order valence-electron chi connectivity index (χ4n) is 1.48. The zero-order chi connectivity index (χ0) is 14.5. The van der Waals surface area contributed by atoms with Crippen molar-refractivity contribution in [3.05, 3.63) is 41.8 Å². The number of rotatable bonds is 5. The maximum absolute atomic E-state index is 11.9. The molecule has 2 aromatic rings. The van der Waals surface area contributed by atoms with Gasteiger partial charge in [-0.3, -0.25) is 4.79 Å². The Morgan fingerprint density at radius 3 is 2.95 bits per heavy atom. The number of ether oxygens (including phenoxy) is 1. The molecule has 0 spiro atoms. The maximum Gasteiger partial charge on any atom is 0.294 e.